The van der Waals surface area contributed by atoms with Crippen LogP contribution < -0.4 is 5.32 Å². The van der Waals surface area contributed by atoms with Gasteiger partial charge in [-0.15, -0.1) is 0 Å². The van der Waals surface area contributed by atoms with Crippen molar-refractivity contribution in [1.82, 2.24) is 5.32 Å². The molecule has 19 heavy (non-hydrogen) atoms. The zero-order valence-corrected chi connectivity index (χ0v) is 12.5. The number of hydrogen-bond acceptors (Lipinski definition) is 4. The molecule has 0 aliphatic carbocycles. The summed E-state index contributed by atoms with van der Waals surface area (Å²) in [4.78, 5) is 23.4. The van der Waals surface area contributed by atoms with Crippen LogP contribution in [0.25, 0.3) is 0 Å². The molecule has 5 nitrogen and oxygen atoms in total. The first-order chi connectivity index (χ1) is 9.06. The SMILES string of the molecule is CCCCCOC(=O)[C@@H](NC(=O)OCC)C(C)CC. The standard InChI is InChI=1S/C14H27NO4/c1-5-8-9-10-19-13(16)12(11(4)6-2)15-14(17)18-7-3/h11-12H,5-10H2,1-4H3,(H,15,17)/t11?,12-/m0/s1. The Bertz CT molecular complexity index is 268. The lowest BCUT2D eigenvalue weighted by atomic mass is 9.99. The molecule has 0 bridgehead atoms. The summed E-state index contributed by atoms with van der Waals surface area (Å²) < 4.78 is 10.0. The van der Waals surface area contributed by atoms with Gasteiger partial charge in [0.1, 0.15) is 6.04 Å². The van der Waals surface area contributed by atoms with Gasteiger partial charge in [0.2, 0.25) is 0 Å². The third kappa shape index (κ3) is 7.70. The third-order valence-corrected chi connectivity index (χ3v) is 3.01. The lowest BCUT2D eigenvalue weighted by Gasteiger charge is -2.22. The second-order valence-corrected chi connectivity index (χ2v) is 4.60. The minimum absolute atomic E-state index is 0.0167. The molecule has 5 heteroatoms. The van der Waals surface area contributed by atoms with E-state index in [1.165, 1.54) is 0 Å². The van der Waals surface area contributed by atoms with E-state index in [2.05, 4.69) is 12.2 Å². The lowest BCUT2D eigenvalue weighted by molar-refractivity contribution is -0.147. The van der Waals surface area contributed by atoms with Gasteiger partial charge in [0, 0.05) is 0 Å². The second kappa shape index (κ2) is 10.6. The largest absolute Gasteiger partial charge is 0.464 e. The Morgan fingerprint density at radius 2 is 1.79 bits per heavy atom. The number of ether oxygens (including phenoxy) is 2. The van der Waals surface area contributed by atoms with Crippen molar-refractivity contribution < 1.29 is 19.1 Å². The van der Waals surface area contributed by atoms with Gasteiger partial charge in [-0.05, 0) is 19.3 Å². The van der Waals surface area contributed by atoms with Crippen LogP contribution in [0.2, 0.25) is 0 Å². The molecule has 1 unspecified atom stereocenters. The number of alkyl carbamates (subject to hydrolysis) is 1. The summed E-state index contributed by atoms with van der Waals surface area (Å²) in [6.07, 6.45) is 3.18. The fraction of sp³-hybridized carbons (Fsp3) is 0.857. The monoisotopic (exact) mass is 273 g/mol. The Balaban J connectivity index is 4.31. The summed E-state index contributed by atoms with van der Waals surface area (Å²) in [6, 6.07) is -0.634. The summed E-state index contributed by atoms with van der Waals surface area (Å²) in [5.41, 5.74) is 0. The van der Waals surface area contributed by atoms with Crippen LogP contribution in [0.5, 0.6) is 0 Å². The van der Waals surface area contributed by atoms with Crippen molar-refractivity contribution in [3.8, 4) is 0 Å². The predicted molar refractivity (Wildman–Crippen MR) is 73.9 cm³/mol. The smallest absolute Gasteiger partial charge is 0.407 e. The van der Waals surface area contributed by atoms with Gasteiger partial charge in [-0.1, -0.05) is 40.0 Å². The molecule has 1 N–H and O–H groups in total. The molecule has 0 aliphatic rings. The van der Waals surface area contributed by atoms with Crippen LogP contribution in [0.3, 0.4) is 0 Å². The van der Waals surface area contributed by atoms with Gasteiger partial charge in [0.15, 0.2) is 0 Å². The maximum atomic E-state index is 12.0. The minimum atomic E-state index is -0.634. The van der Waals surface area contributed by atoms with Crippen molar-refractivity contribution in [2.24, 2.45) is 5.92 Å². The Morgan fingerprint density at radius 1 is 1.11 bits per heavy atom. The van der Waals surface area contributed by atoms with E-state index in [0.29, 0.717) is 6.61 Å². The Morgan fingerprint density at radius 3 is 2.32 bits per heavy atom. The van der Waals surface area contributed by atoms with Crippen molar-refractivity contribution in [2.45, 2.75) is 59.4 Å². The van der Waals surface area contributed by atoms with Gasteiger partial charge in [-0.25, -0.2) is 9.59 Å². The van der Waals surface area contributed by atoms with E-state index in [4.69, 9.17) is 9.47 Å². The first-order valence-corrected chi connectivity index (χ1v) is 7.16. The molecule has 0 spiro atoms. The average molecular weight is 273 g/mol. The van der Waals surface area contributed by atoms with Crippen molar-refractivity contribution >= 4 is 12.1 Å². The Labute approximate surface area is 116 Å². The quantitative estimate of drug-likeness (QED) is 0.518. The average Bonchev–Trinajstić information content (AvgIpc) is 2.40. The van der Waals surface area contributed by atoms with E-state index in [1.807, 2.05) is 13.8 Å². The molecule has 0 saturated carbocycles. The maximum Gasteiger partial charge on any atom is 0.407 e. The molecule has 0 radical (unpaired) electrons. The highest BCUT2D eigenvalue weighted by Gasteiger charge is 2.27. The van der Waals surface area contributed by atoms with Gasteiger partial charge >= 0.3 is 12.1 Å². The van der Waals surface area contributed by atoms with Gasteiger partial charge in [-0.3, -0.25) is 0 Å². The number of carbonyl (C=O) groups excluding carboxylic acids is 2. The fourth-order valence-electron chi connectivity index (χ4n) is 1.58. The van der Waals surface area contributed by atoms with E-state index in [0.717, 1.165) is 25.7 Å². The number of esters is 1. The molecule has 0 aromatic heterocycles. The Kier molecular flexibility index (Phi) is 9.94. The predicted octanol–water partition coefficient (Wildman–Crippen LogP) is 2.88. The first-order valence-electron chi connectivity index (χ1n) is 7.16. The molecule has 1 amide bonds. The highest BCUT2D eigenvalue weighted by Crippen LogP contribution is 2.10. The molecular formula is C14H27NO4. The van der Waals surface area contributed by atoms with Crippen LogP contribution in [0, 0.1) is 5.92 Å². The molecule has 0 fully saturated rings. The van der Waals surface area contributed by atoms with E-state index in [1.54, 1.807) is 6.92 Å². The zero-order chi connectivity index (χ0) is 14.7. The molecule has 0 heterocycles. The number of amides is 1. The lowest BCUT2D eigenvalue weighted by Crippen LogP contribution is -2.46. The summed E-state index contributed by atoms with van der Waals surface area (Å²) in [7, 11) is 0. The van der Waals surface area contributed by atoms with E-state index >= 15 is 0 Å². The number of nitrogens with one attached hydrogen (secondary N) is 1. The summed E-state index contributed by atoms with van der Waals surface area (Å²) >= 11 is 0. The molecule has 0 aromatic carbocycles. The number of rotatable bonds is 9. The van der Waals surface area contributed by atoms with E-state index in [9.17, 15) is 9.59 Å². The maximum absolute atomic E-state index is 12.0. The highest BCUT2D eigenvalue weighted by atomic mass is 16.6. The molecular weight excluding hydrogens is 246 g/mol. The van der Waals surface area contributed by atoms with Gasteiger partial charge in [0.25, 0.3) is 0 Å². The fourth-order valence-corrected chi connectivity index (χ4v) is 1.58. The number of carbonyl (C=O) groups is 2. The minimum Gasteiger partial charge on any atom is -0.464 e. The third-order valence-electron chi connectivity index (χ3n) is 3.01. The topological polar surface area (TPSA) is 64.6 Å². The van der Waals surface area contributed by atoms with Crippen LogP contribution in [-0.2, 0) is 14.3 Å². The van der Waals surface area contributed by atoms with Crippen molar-refractivity contribution in [3.63, 3.8) is 0 Å². The molecule has 0 saturated heterocycles. The number of hydrogen-bond donors (Lipinski definition) is 1. The first kappa shape index (κ1) is 17.7. The molecule has 112 valence electrons. The van der Waals surface area contributed by atoms with Gasteiger partial charge in [-0.2, -0.15) is 0 Å². The molecule has 0 aromatic rings. The van der Waals surface area contributed by atoms with Crippen LogP contribution in [0.1, 0.15) is 53.4 Å². The van der Waals surface area contributed by atoms with Crippen molar-refractivity contribution in [3.05, 3.63) is 0 Å². The van der Waals surface area contributed by atoms with Gasteiger partial charge in [0.05, 0.1) is 13.2 Å². The Hall–Kier alpha value is -1.26. The zero-order valence-electron chi connectivity index (χ0n) is 12.5. The van der Waals surface area contributed by atoms with Crippen LogP contribution in [0.4, 0.5) is 4.79 Å². The molecule has 0 rings (SSSR count). The van der Waals surface area contributed by atoms with Crippen molar-refractivity contribution in [2.75, 3.05) is 13.2 Å². The van der Waals surface area contributed by atoms with E-state index in [-0.39, 0.29) is 18.5 Å². The van der Waals surface area contributed by atoms with Gasteiger partial charge < -0.3 is 14.8 Å². The molecule has 0 aliphatic heterocycles. The number of unbranched alkanes of at least 4 members (excludes halogenated alkanes) is 2. The highest BCUT2D eigenvalue weighted by molar-refractivity contribution is 5.81. The summed E-state index contributed by atoms with van der Waals surface area (Å²) in [5, 5.41) is 2.57. The van der Waals surface area contributed by atoms with E-state index < -0.39 is 12.1 Å². The van der Waals surface area contributed by atoms with Crippen LogP contribution in [0.15, 0.2) is 0 Å². The summed E-state index contributed by atoms with van der Waals surface area (Å²) in [6.45, 7) is 8.38. The van der Waals surface area contributed by atoms with Crippen molar-refractivity contribution in [1.29, 1.82) is 0 Å². The van der Waals surface area contributed by atoms with Crippen LogP contribution >= 0.6 is 0 Å². The second-order valence-electron chi connectivity index (χ2n) is 4.60. The molecule has 2 atom stereocenters. The normalized spacial score (nSPS) is 13.5. The van der Waals surface area contributed by atoms with Crippen LogP contribution in [-0.4, -0.2) is 31.3 Å². The summed E-state index contributed by atoms with van der Waals surface area (Å²) in [5.74, 6) is -0.360.